The molecule has 0 spiro atoms. The fourth-order valence-electron chi connectivity index (χ4n) is 5.59. The molecule has 2 saturated heterocycles. The maximum Gasteiger partial charge on any atom is 0.412 e. The molecule has 1 aromatic rings. The maximum atomic E-state index is 12.3. The zero-order valence-corrected chi connectivity index (χ0v) is 19.4. The number of carbonyl (C=O) groups excluding carboxylic acids is 1. The number of likely N-dealkylation sites (N-methyl/N-ethyl adjacent to an activating group) is 2. The maximum absolute atomic E-state index is 12.3. The number of amides is 1. The first-order valence-corrected chi connectivity index (χ1v) is 11.8. The summed E-state index contributed by atoms with van der Waals surface area (Å²) in [5.74, 6) is 0.631. The van der Waals surface area contributed by atoms with Crippen LogP contribution in [0.1, 0.15) is 44.6 Å². The standard InChI is InChI=1S/C24H38N4O3/c1-24-10-13-26(2)22(24)27(3)21-9-8-19(18-20(21)24)31-23(29)25-11-6-4-5-7-12-28-14-16-30-17-15-28/h8-9,18,22H,4-7,10-17H2,1-3H3,(H,25,29)/t22-,24+/m1/s1. The van der Waals surface area contributed by atoms with Crippen molar-refractivity contribution in [3.05, 3.63) is 23.8 Å². The van der Waals surface area contributed by atoms with Gasteiger partial charge < -0.3 is 19.7 Å². The number of morpholine rings is 1. The average Bonchev–Trinajstić information content (AvgIpc) is 3.19. The molecule has 0 saturated carbocycles. The van der Waals surface area contributed by atoms with Gasteiger partial charge in [-0.15, -0.1) is 0 Å². The SMILES string of the molecule is CN1CC[C@@]2(C)c3cc(OC(=O)NCCCCCCN4CCOCC4)ccc3N(C)[C@@H]12. The van der Waals surface area contributed by atoms with Crippen LogP contribution in [0.2, 0.25) is 0 Å². The van der Waals surface area contributed by atoms with Gasteiger partial charge in [0.05, 0.1) is 19.4 Å². The zero-order valence-electron chi connectivity index (χ0n) is 19.4. The second-order valence-corrected chi connectivity index (χ2v) is 9.50. The molecule has 7 nitrogen and oxygen atoms in total. The minimum absolute atomic E-state index is 0.0793. The Morgan fingerprint density at radius 3 is 2.74 bits per heavy atom. The monoisotopic (exact) mass is 430 g/mol. The minimum Gasteiger partial charge on any atom is -0.410 e. The molecule has 1 aromatic carbocycles. The van der Waals surface area contributed by atoms with E-state index in [-0.39, 0.29) is 11.5 Å². The summed E-state index contributed by atoms with van der Waals surface area (Å²) in [5, 5.41) is 2.90. The fraction of sp³-hybridized carbons (Fsp3) is 0.708. The Balaban J connectivity index is 1.18. The van der Waals surface area contributed by atoms with Gasteiger partial charge in [0.25, 0.3) is 0 Å². The summed E-state index contributed by atoms with van der Waals surface area (Å²) < 4.78 is 11.0. The molecule has 172 valence electrons. The number of carbonyl (C=O) groups is 1. The molecule has 0 aliphatic carbocycles. The van der Waals surface area contributed by atoms with Crippen LogP contribution in [-0.4, -0.2) is 82.1 Å². The number of likely N-dealkylation sites (tertiary alicyclic amines) is 1. The molecule has 31 heavy (non-hydrogen) atoms. The number of fused-ring (bicyclic) bond motifs is 3. The normalized spacial score (nSPS) is 26.0. The van der Waals surface area contributed by atoms with E-state index in [0.29, 0.717) is 18.5 Å². The molecule has 3 aliphatic rings. The zero-order chi connectivity index (χ0) is 21.8. The van der Waals surface area contributed by atoms with Crippen molar-refractivity contribution in [3.8, 4) is 5.75 Å². The van der Waals surface area contributed by atoms with Gasteiger partial charge in [0.2, 0.25) is 0 Å². The molecule has 3 heterocycles. The van der Waals surface area contributed by atoms with Gasteiger partial charge in [0, 0.05) is 44.3 Å². The van der Waals surface area contributed by atoms with Gasteiger partial charge in [0.15, 0.2) is 0 Å². The van der Waals surface area contributed by atoms with Crippen LogP contribution in [0, 0.1) is 0 Å². The van der Waals surface area contributed by atoms with Crippen LogP contribution in [-0.2, 0) is 10.2 Å². The van der Waals surface area contributed by atoms with E-state index in [1.807, 2.05) is 6.07 Å². The Hall–Kier alpha value is -1.83. The van der Waals surface area contributed by atoms with Crippen LogP contribution in [0.5, 0.6) is 5.75 Å². The quantitative estimate of drug-likeness (QED) is 0.640. The van der Waals surface area contributed by atoms with Crippen LogP contribution < -0.4 is 15.0 Å². The Morgan fingerprint density at radius 1 is 1.16 bits per heavy atom. The van der Waals surface area contributed by atoms with E-state index in [1.165, 1.54) is 24.1 Å². The molecule has 2 fully saturated rings. The van der Waals surface area contributed by atoms with Crippen LogP contribution in [0.4, 0.5) is 10.5 Å². The Bertz CT molecular complexity index is 767. The predicted molar refractivity (Wildman–Crippen MR) is 123 cm³/mol. The molecule has 1 amide bonds. The number of hydrogen-bond acceptors (Lipinski definition) is 6. The van der Waals surface area contributed by atoms with Crippen LogP contribution >= 0.6 is 0 Å². The van der Waals surface area contributed by atoms with E-state index in [2.05, 4.69) is 53.2 Å². The molecule has 0 unspecified atom stereocenters. The number of benzene rings is 1. The lowest BCUT2D eigenvalue weighted by Gasteiger charge is -2.32. The summed E-state index contributed by atoms with van der Waals surface area (Å²) in [6, 6.07) is 6.06. The van der Waals surface area contributed by atoms with Crippen molar-refractivity contribution in [1.29, 1.82) is 0 Å². The minimum atomic E-state index is -0.357. The van der Waals surface area contributed by atoms with Crippen molar-refractivity contribution >= 4 is 11.8 Å². The number of nitrogens with zero attached hydrogens (tertiary/aromatic N) is 3. The molecule has 4 rings (SSSR count). The highest BCUT2D eigenvalue weighted by Crippen LogP contribution is 2.51. The fourth-order valence-corrected chi connectivity index (χ4v) is 5.59. The number of unbranched alkanes of at least 4 members (excludes halogenated alkanes) is 3. The molecule has 2 atom stereocenters. The summed E-state index contributed by atoms with van der Waals surface area (Å²) in [6.07, 6.45) is 5.65. The average molecular weight is 431 g/mol. The Morgan fingerprint density at radius 2 is 1.94 bits per heavy atom. The van der Waals surface area contributed by atoms with Crippen molar-refractivity contribution in [3.63, 3.8) is 0 Å². The van der Waals surface area contributed by atoms with Crippen molar-refractivity contribution in [2.24, 2.45) is 0 Å². The van der Waals surface area contributed by atoms with Gasteiger partial charge in [-0.2, -0.15) is 0 Å². The molecular formula is C24H38N4O3. The van der Waals surface area contributed by atoms with Gasteiger partial charge >= 0.3 is 6.09 Å². The van der Waals surface area contributed by atoms with Crippen molar-refractivity contribution in [1.82, 2.24) is 15.1 Å². The number of hydrogen-bond donors (Lipinski definition) is 1. The first kappa shape index (κ1) is 22.4. The van der Waals surface area contributed by atoms with Crippen LogP contribution in [0.3, 0.4) is 0 Å². The lowest BCUT2D eigenvalue weighted by Crippen LogP contribution is -2.45. The van der Waals surface area contributed by atoms with Gasteiger partial charge in [0.1, 0.15) is 5.75 Å². The molecule has 0 bridgehead atoms. The third kappa shape index (κ3) is 4.83. The molecule has 3 aliphatic heterocycles. The smallest absolute Gasteiger partial charge is 0.410 e. The van der Waals surface area contributed by atoms with Crippen LogP contribution in [0.25, 0.3) is 0 Å². The summed E-state index contributed by atoms with van der Waals surface area (Å²) in [5.41, 5.74) is 2.61. The number of ether oxygens (including phenoxy) is 2. The largest absolute Gasteiger partial charge is 0.412 e. The van der Waals surface area contributed by atoms with Crippen molar-refractivity contribution < 1.29 is 14.3 Å². The predicted octanol–water partition coefficient (Wildman–Crippen LogP) is 3.04. The van der Waals surface area contributed by atoms with Crippen molar-refractivity contribution in [2.75, 3.05) is 64.9 Å². The topological polar surface area (TPSA) is 57.3 Å². The first-order valence-electron chi connectivity index (χ1n) is 11.8. The first-order chi connectivity index (χ1) is 15.0. The highest BCUT2D eigenvalue weighted by molar-refractivity contribution is 5.72. The molecular weight excluding hydrogens is 392 g/mol. The van der Waals surface area contributed by atoms with E-state index >= 15 is 0 Å². The van der Waals surface area contributed by atoms with Gasteiger partial charge in [-0.05, 0) is 56.6 Å². The Labute approximate surface area is 186 Å². The summed E-state index contributed by atoms with van der Waals surface area (Å²) >= 11 is 0. The second-order valence-electron chi connectivity index (χ2n) is 9.50. The van der Waals surface area contributed by atoms with Gasteiger partial charge in [-0.3, -0.25) is 9.80 Å². The van der Waals surface area contributed by atoms with Crippen LogP contribution in [0.15, 0.2) is 18.2 Å². The third-order valence-electron chi connectivity index (χ3n) is 7.29. The summed E-state index contributed by atoms with van der Waals surface area (Å²) in [4.78, 5) is 19.5. The number of anilines is 1. The lowest BCUT2D eigenvalue weighted by atomic mass is 9.81. The lowest BCUT2D eigenvalue weighted by molar-refractivity contribution is 0.0371. The molecule has 0 aromatic heterocycles. The van der Waals surface area contributed by atoms with E-state index < -0.39 is 0 Å². The third-order valence-corrected chi connectivity index (χ3v) is 7.29. The summed E-state index contributed by atoms with van der Waals surface area (Å²) in [7, 11) is 4.34. The van der Waals surface area contributed by atoms with Crippen molar-refractivity contribution in [2.45, 2.75) is 50.6 Å². The number of nitrogens with one attached hydrogen (secondary N) is 1. The molecule has 1 N–H and O–H groups in total. The Kier molecular flexibility index (Phi) is 7.04. The van der Waals surface area contributed by atoms with E-state index in [0.717, 1.165) is 58.7 Å². The summed E-state index contributed by atoms with van der Waals surface area (Å²) in [6.45, 7) is 9.07. The van der Waals surface area contributed by atoms with Gasteiger partial charge in [-0.25, -0.2) is 4.79 Å². The van der Waals surface area contributed by atoms with Gasteiger partial charge in [-0.1, -0.05) is 19.8 Å². The van der Waals surface area contributed by atoms with E-state index in [9.17, 15) is 4.79 Å². The van der Waals surface area contributed by atoms with E-state index in [1.54, 1.807) is 0 Å². The molecule has 7 heteroatoms. The highest BCUT2D eigenvalue weighted by Gasteiger charge is 2.52. The van der Waals surface area contributed by atoms with E-state index in [4.69, 9.17) is 9.47 Å². The highest BCUT2D eigenvalue weighted by atomic mass is 16.6. The number of rotatable bonds is 8. The molecule has 0 radical (unpaired) electrons. The second kappa shape index (κ2) is 9.76.